The molecule has 0 spiro atoms. The summed E-state index contributed by atoms with van der Waals surface area (Å²) in [5, 5.41) is 18.8. The lowest BCUT2D eigenvalue weighted by Crippen LogP contribution is -2.36. The lowest BCUT2D eigenvalue weighted by atomic mass is 10.1. The van der Waals surface area contributed by atoms with Gasteiger partial charge in [0.15, 0.2) is 5.82 Å². The van der Waals surface area contributed by atoms with E-state index in [1.54, 1.807) is 0 Å². The van der Waals surface area contributed by atoms with Crippen LogP contribution < -0.4 is 10.5 Å². The maximum absolute atomic E-state index is 11.3. The van der Waals surface area contributed by atoms with Gasteiger partial charge in [-0.25, -0.2) is 0 Å². The molecule has 3 rings (SSSR count). The number of unbranched alkanes of at least 4 members (excludes halogenated alkanes) is 3. The second-order valence-corrected chi connectivity index (χ2v) is 7.75. The van der Waals surface area contributed by atoms with Crippen LogP contribution in [-0.2, 0) is 11.2 Å². The first-order chi connectivity index (χ1) is 14.5. The number of aromatic nitrogens is 3. The van der Waals surface area contributed by atoms with E-state index in [2.05, 4.69) is 32.8 Å². The number of nitrogen functional groups attached to an aromatic ring is 1. The van der Waals surface area contributed by atoms with Crippen molar-refractivity contribution in [2.45, 2.75) is 64.3 Å². The van der Waals surface area contributed by atoms with E-state index in [1.807, 2.05) is 0 Å². The van der Waals surface area contributed by atoms with Crippen molar-refractivity contribution in [1.82, 2.24) is 19.9 Å². The van der Waals surface area contributed by atoms with Crippen LogP contribution in [0.1, 0.15) is 63.1 Å². The van der Waals surface area contributed by atoms with E-state index < -0.39 is 5.97 Å². The number of H-pyrrole nitrogens is 1. The summed E-state index contributed by atoms with van der Waals surface area (Å²) in [6.45, 7) is 4.26. The fourth-order valence-corrected chi connectivity index (χ4v) is 4.00. The molecule has 1 saturated heterocycles. The summed E-state index contributed by atoms with van der Waals surface area (Å²) >= 11 is 0. The van der Waals surface area contributed by atoms with Gasteiger partial charge in [0.1, 0.15) is 28.8 Å². The molecular formula is C21H30N6O3. The van der Waals surface area contributed by atoms with Crippen molar-refractivity contribution in [2.75, 3.05) is 25.4 Å². The zero-order valence-corrected chi connectivity index (χ0v) is 17.5. The number of carbonyl (C=O) groups is 1. The minimum atomic E-state index is -0.723. The summed E-state index contributed by atoms with van der Waals surface area (Å²) in [5.41, 5.74) is 8.58. The summed E-state index contributed by atoms with van der Waals surface area (Å²) in [6, 6.07) is 2.10. The van der Waals surface area contributed by atoms with Gasteiger partial charge >= 0.3 is 12.0 Å². The van der Waals surface area contributed by atoms with Crippen LogP contribution in [0.2, 0.25) is 0 Å². The quantitative estimate of drug-likeness (QED) is 0.477. The average molecular weight is 415 g/mol. The smallest absolute Gasteiger partial charge is 0.320 e. The van der Waals surface area contributed by atoms with Gasteiger partial charge in [-0.15, -0.1) is 0 Å². The Morgan fingerprint density at radius 2 is 2.20 bits per heavy atom. The number of hydrogen-bond donors (Lipinski definition) is 3. The van der Waals surface area contributed by atoms with Crippen LogP contribution in [0, 0.1) is 11.3 Å². The van der Waals surface area contributed by atoms with Crippen LogP contribution in [0.4, 0.5) is 5.82 Å². The van der Waals surface area contributed by atoms with Crippen LogP contribution in [0.5, 0.6) is 6.01 Å². The van der Waals surface area contributed by atoms with Crippen molar-refractivity contribution in [3.63, 3.8) is 0 Å². The van der Waals surface area contributed by atoms with Crippen LogP contribution in [-0.4, -0.2) is 56.7 Å². The Morgan fingerprint density at radius 1 is 1.37 bits per heavy atom. The molecule has 4 N–H and O–H groups in total. The molecule has 2 aromatic rings. The van der Waals surface area contributed by atoms with Crippen molar-refractivity contribution in [3.8, 4) is 12.1 Å². The van der Waals surface area contributed by atoms with Gasteiger partial charge in [0.05, 0.1) is 6.61 Å². The number of hydrogen-bond acceptors (Lipinski definition) is 7. The van der Waals surface area contributed by atoms with Crippen LogP contribution in [0.25, 0.3) is 11.0 Å². The molecular weight excluding hydrogens is 384 g/mol. The number of fused-ring (bicyclic) bond motifs is 1. The molecule has 3 heterocycles. The molecule has 30 heavy (non-hydrogen) atoms. The molecule has 1 fully saturated rings. The number of aromatic amines is 1. The highest BCUT2D eigenvalue weighted by Crippen LogP contribution is 2.27. The number of nitriles is 1. The number of carboxylic acid groups (broad SMARTS) is 1. The predicted molar refractivity (Wildman–Crippen MR) is 113 cm³/mol. The van der Waals surface area contributed by atoms with Crippen LogP contribution in [0.3, 0.4) is 0 Å². The van der Waals surface area contributed by atoms with Gasteiger partial charge in [-0.1, -0.05) is 19.8 Å². The second-order valence-electron chi connectivity index (χ2n) is 7.75. The molecule has 162 valence electrons. The first-order valence-electron chi connectivity index (χ1n) is 10.7. The topological polar surface area (TPSA) is 141 Å². The number of nitrogens with zero attached hydrogens (tertiary/aromatic N) is 4. The number of ether oxygens (including phenoxy) is 1. The number of nitrogens with two attached hydrogens (primary N) is 1. The van der Waals surface area contributed by atoms with Gasteiger partial charge in [-0.2, -0.15) is 15.2 Å². The van der Waals surface area contributed by atoms with Crippen molar-refractivity contribution >= 4 is 22.8 Å². The van der Waals surface area contributed by atoms with Gasteiger partial charge in [0.25, 0.3) is 0 Å². The molecule has 0 bridgehead atoms. The monoisotopic (exact) mass is 414 g/mol. The van der Waals surface area contributed by atoms with Crippen molar-refractivity contribution < 1.29 is 14.6 Å². The van der Waals surface area contributed by atoms with Crippen molar-refractivity contribution in [3.05, 3.63) is 11.3 Å². The number of likely N-dealkylation sites (tertiary alicyclic amines) is 1. The molecule has 0 aromatic carbocycles. The Labute approximate surface area is 176 Å². The number of anilines is 1. The Hall–Kier alpha value is -2.86. The van der Waals surface area contributed by atoms with E-state index in [1.165, 1.54) is 0 Å². The van der Waals surface area contributed by atoms with Gasteiger partial charge in [-0.05, 0) is 51.6 Å². The van der Waals surface area contributed by atoms with E-state index in [9.17, 15) is 15.2 Å². The van der Waals surface area contributed by atoms with E-state index in [0.717, 1.165) is 63.6 Å². The van der Waals surface area contributed by atoms with Gasteiger partial charge in [0.2, 0.25) is 0 Å². The average Bonchev–Trinajstić information content (AvgIpc) is 3.33. The molecule has 0 amide bonds. The highest BCUT2D eigenvalue weighted by Gasteiger charge is 2.29. The Balaban J connectivity index is 1.61. The molecule has 0 aliphatic carbocycles. The minimum absolute atomic E-state index is 0.243. The molecule has 2 aromatic heterocycles. The Bertz CT molecular complexity index is 920. The first-order valence-corrected chi connectivity index (χ1v) is 10.7. The maximum Gasteiger partial charge on any atom is 0.320 e. The lowest BCUT2D eigenvalue weighted by molar-refractivity contribution is -0.142. The van der Waals surface area contributed by atoms with Crippen molar-refractivity contribution in [1.29, 1.82) is 5.26 Å². The fourth-order valence-electron chi connectivity index (χ4n) is 4.00. The second kappa shape index (κ2) is 10.3. The summed E-state index contributed by atoms with van der Waals surface area (Å²) in [4.78, 5) is 25.1. The number of aryl methyl sites for hydroxylation is 1. The highest BCUT2D eigenvalue weighted by atomic mass is 16.5. The van der Waals surface area contributed by atoms with Crippen LogP contribution in [0.15, 0.2) is 0 Å². The van der Waals surface area contributed by atoms with E-state index in [0.29, 0.717) is 29.8 Å². The zero-order chi connectivity index (χ0) is 21.5. The summed E-state index contributed by atoms with van der Waals surface area (Å²) < 4.78 is 5.61. The Kier molecular flexibility index (Phi) is 7.46. The number of aliphatic carboxylic acids is 1. The lowest BCUT2D eigenvalue weighted by Gasteiger charge is -2.20. The van der Waals surface area contributed by atoms with E-state index in [4.69, 9.17) is 10.5 Å². The first kappa shape index (κ1) is 21.8. The molecule has 1 aliphatic heterocycles. The standard InChI is InChI=1S/C21H30N6O3/c1-2-3-12-30-21-25-17-14(15(13-22)24-18(17)19(23)26-21)8-5-4-6-10-27-11-7-9-16(27)20(28)29/h16,24H,2-12H2,1H3,(H,28,29)(H2,23,25,26). The molecule has 9 heteroatoms. The molecule has 0 saturated carbocycles. The largest absolute Gasteiger partial charge is 0.480 e. The van der Waals surface area contributed by atoms with E-state index in [-0.39, 0.29) is 17.9 Å². The molecule has 0 radical (unpaired) electrons. The minimum Gasteiger partial charge on any atom is -0.480 e. The third-order valence-electron chi connectivity index (χ3n) is 5.62. The summed E-state index contributed by atoms with van der Waals surface area (Å²) in [6.07, 6.45) is 7.04. The zero-order valence-electron chi connectivity index (χ0n) is 17.5. The molecule has 1 aliphatic rings. The number of rotatable bonds is 11. The van der Waals surface area contributed by atoms with Crippen molar-refractivity contribution in [2.24, 2.45) is 0 Å². The highest BCUT2D eigenvalue weighted by molar-refractivity contribution is 5.89. The maximum atomic E-state index is 11.3. The normalized spacial score (nSPS) is 16.7. The summed E-state index contributed by atoms with van der Waals surface area (Å²) in [5.74, 6) is -0.442. The SMILES string of the molecule is CCCCOc1nc(N)c2[nH]c(C#N)c(CCCCCN3CCCC3C(=O)O)c2n1. The van der Waals surface area contributed by atoms with Gasteiger partial charge in [-0.3, -0.25) is 9.69 Å². The Morgan fingerprint density at radius 3 is 2.93 bits per heavy atom. The molecule has 9 nitrogen and oxygen atoms in total. The third-order valence-corrected chi connectivity index (χ3v) is 5.62. The number of nitrogens with one attached hydrogen (secondary N) is 1. The van der Waals surface area contributed by atoms with Crippen LogP contribution >= 0.6 is 0 Å². The van der Waals surface area contributed by atoms with Gasteiger partial charge in [0, 0.05) is 5.56 Å². The molecule has 1 unspecified atom stereocenters. The molecule has 1 atom stereocenters. The number of carboxylic acids is 1. The van der Waals surface area contributed by atoms with E-state index >= 15 is 0 Å². The third kappa shape index (κ3) is 5.00. The summed E-state index contributed by atoms with van der Waals surface area (Å²) in [7, 11) is 0. The fraction of sp³-hybridized carbons (Fsp3) is 0.619. The van der Waals surface area contributed by atoms with Gasteiger partial charge < -0.3 is 20.6 Å². The predicted octanol–water partition coefficient (Wildman–Crippen LogP) is 2.85.